The average molecular weight is 378 g/mol. The lowest BCUT2D eigenvalue weighted by Crippen LogP contribution is -2.36. The summed E-state index contributed by atoms with van der Waals surface area (Å²) in [5, 5.41) is 12.7. The van der Waals surface area contributed by atoms with Gasteiger partial charge in [-0.2, -0.15) is 0 Å². The number of carboxylic acids is 1. The van der Waals surface area contributed by atoms with E-state index >= 15 is 0 Å². The number of anilines is 2. The minimum Gasteiger partial charge on any atom is -0.481 e. The highest BCUT2D eigenvalue weighted by atomic mass is 16.4. The Morgan fingerprint density at radius 3 is 2.39 bits per heavy atom. The Labute approximate surface area is 163 Å². The van der Waals surface area contributed by atoms with Crippen LogP contribution in [-0.4, -0.2) is 29.4 Å². The van der Waals surface area contributed by atoms with Gasteiger partial charge in [0.05, 0.1) is 5.41 Å². The molecule has 0 saturated carbocycles. The molecule has 2 aromatic rings. The molecule has 0 aromatic heterocycles. The molecule has 6 nitrogen and oxygen atoms in total. The Morgan fingerprint density at radius 1 is 1.07 bits per heavy atom. The molecule has 1 heterocycles. The second-order valence-corrected chi connectivity index (χ2v) is 7.63. The van der Waals surface area contributed by atoms with Gasteiger partial charge in [0.1, 0.15) is 0 Å². The van der Waals surface area contributed by atoms with Crippen molar-refractivity contribution in [2.75, 3.05) is 16.8 Å². The molecular formula is C22H22N2O4. The molecule has 2 aromatic carbocycles. The van der Waals surface area contributed by atoms with Crippen LogP contribution in [0.5, 0.6) is 0 Å². The van der Waals surface area contributed by atoms with Crippen molar-refractivity contribution in [1.82, 2.24) is 0 Å². The number of aliphatic carboxylic acids is 1. The van der Waals surface area contributed by atoms with Gasteiger partial charge >= 0.3 is 5.97 Å². The lowest BCUT2D eigenvalue weighted by molar-refractivity contribution is -0.150. The molecule has 144 valence electrons. The van der Waals surface area contributed by atoms with Crippen LogP contribution in [0, 0.1) is 5.41 Å². The van der Waals surface area contributed by atoms with Crippen molar-refractivity contribution in [3.05, 3.63) is 59.7 Å². The number of hydrogen-bond acceptors (Lipinski definition) is 3. The highest BCUT2D eigenvalue weighted by molar-refractivity contribution is 5.98. The van der Waals surface area contributed by atoms with E-state index in [2.05, 4.69) is 5.32 Å². The zero-order valence-electron chi connectivity index (χ0n) is 15.5. The number of benzene rings is 2. The lowest BCUT2D eigenvalue weighted by atomic mass is 9.81. The minimum atomic E-state index is -1.11. The molecule has 1 aliphatic heterocycles. The van der Waals surface area contributed by atoms with Gasteiger partial charge in [0.25, 0.3) is 0 Å². The molecule has 0 spiro atoms. The number of fused-ring (bicyclic) bond motifs is 1. The monoisotopic (exact) mass is 378 g/mol. The SMILES string of the molecule is O=C(CC1(C(=O)O)Cc2ccccc2C1)Nc1cccc(N2CCCC2=O)c1. The van der Waals surface area contributed by atoms with Gasteiger partial charge in [0, 0.05) is 30.8 Å². The van der Waals surface area contributed by atoms with Crippen LogP contribution in [0.15, 0.2) is 48.5 Å². The summed E-state index contributed by atoms with van der Waals surface area (Å²) in [6, 6.07) is 14.8. The zero-order chi connectivity index (χ0) is 19.7. The summed E-state index contributed by atoms with van der Waals surface area (Å²) in [7, 11) is 0. The first-order chi connectivity index (χ1) is 13.5. The summed E-state index contributed by atoms with van der Waals surface area (Å²) in [4.78, 5) is 38.3. The highest BCUT2D eigenvalue weighted by Gasteiger charge is 2.45. The Morgan fingerprint density at radius 2 is 1.79 bits per heavy atom. The van der Waals surface area contributed by atoms with Crippen molar-refractivity contribution in [3.63, 3.8) is 0 Å². The Hall–Kier alpha value is -3.15. The first-order valence-electron chi connectivity index (χ1n) is 9.47. The maximum atomic E-state index is 12.7. The van der Waals surface area contributed by atoms with Crippen molar-refractivity contribution < 1.29 is 19.5 Å². The first kappa shape index (κ1) is 18.2. The molecule has 1 aliphatic carbocycles. The quantitative estimate of drug-likeness (QED) is 0.837. The van der Waals surface area contributed by atoms with Crippen LogP contribution < -0.4 is 10.2 Å². The number of carbonyl (C=O) groups excluding carboxylic acids is 2. The van der Waals surface area contributed by atoms with Crippen molar-refractivity contribution in [3.8, 4) is 0 Å². The van der Waals surface area contributed by atoms with Crippen molar-refractivity contribution in [2.45, 2.75) is 32.1 Å². The fourth-order valence-electron chi connectivity index (χ4n) is 4.23. The van der Waals surface area contributed by atoms with Crippen LogP contribution in [0.1, 0.15) is 30.4 Å². The molecule has 6 heteroatoms. The third-order valence-electron chi connectivity index (χ3n) is 5.64. The van der Waals surface area contributed by atoms with E-state index < -0.39 is 11.4 Å². The van der Waals surface area contributed by atoms with Gasteiger partial charge in [0.15, 0.2) is 0 Å². The molecule has 1 saturated heterocycles. The predicted molar refractivity (Wildman–Crippen MR) is 105 cm³/mol. The van der Waals surface area contributed by atoms with E-state index in [0.29, 0.717) is 31.5 Å². The minimum absolute atomic E-state index is 0.0806. The maximum absolute atomic E-state index is 12.7. The summed E-state index contributed by atoms with van der Waals surface area (Å²) in [6.07, 6.45) is 1.99. The van der Waals surface area contributed by atoms with E-state index in [1.54, 1.807) is 23.1 Å². The van der Waals surface area contributed by atoms with E-state index in [0.717, 1.165) is 23.2 Å². The maximum Gasteiger partial charge on any atom is 0.310 e. The number of amides is 2. The van der Waals surface area contributed by atoms with Crippen molar-refractivity contribution >= 4 is 29.2 Å². The van der Waals surface area contributed by atoms with Gasteiger partial charge in [-0.15, -0.1) is 0 Å². The number of nitrogens with zero attached hydrogens (tertiary/aromatic N) is 1. The lowest BCUT2D eigenvalue weighted by Gasteiger charge is -2.23. The van der Waals surface area contributed by atoms with Crippen LogP contribution in [0.25, 0.3) is 0 Å². The number of carboxylic acid groups (broad SMARTS) is 1. The molecule has 2 N–H and O–H groups in total. The predicted octanol–water partition coefficient (Wildman–Crippen LogP) is 3.01. The smallest absolute Gasteiger partial charge is 0.310 e. The summed E-state index contributed by atoms with van der Waals surface area (Å²) in [5.74, 6) is -1.20. The second-order valence-electron chi connectivity index (χ2n) is 7.63. The molecular weight excluding hydrogens is 356 g/mol. The van der Waals surface area contributed by atoms with Crippen LogP contribution in [0.2, 0.25) is 0 Å². The Balaban J connectivity index is 1.48. The third-order valence-corrected chi connectivity index (χ3v) is 5.64. The van der Waals surface area contributed by atoms with Gasteiger partial charge in [-0.05, 0) is 48.6 Å². The Bertz CT molecular complexity index is 928. The molecule has 4 rings (SSSR count). The molecule has 28 heavy (non-hydrogen) atoms. The molecule has 0 unspecified atom stereocenters. The number of hydrogen-bond donors (Lipinski definition) is 2. The topological polar surface area (TPSA) is 86.7 Å². The van der Waals surface area contributed by atoms with Crippen LogP contribution in [0.4, 0.5) is 11.4 Å². The molecule has 2 amide bonds. The largest absolute Gasteiger partial charge is 0.481 e. The molecule has 0 atom stereocenters. The number of carbonyl (C=O) groups is 3. The van der Waals surface area contributed by atoms with Gasteiger partial charge < -0.3 is 15.3 Å². The third kappa shape index (κ3) is 3.38. The normalized spacial score (nSPS) is 17.4. The van der Waals surface area contributed by atoms with E-state index in [4.69, 9.17) is 0 Å². The van der Waals surface area contributed by atoms with Crippen LogP contribution in [0.3, 0.4) is 0 Å². The van der Waals surface area contributed by atoms with Crippen LogP contribution >= 0.6 is 0 Å². The molecule has 0 radical (unpaired) electrons. The van der Waals surface area contributed by atoms with Gasteiger partial charge in [0.2, 0.25) is 11.8 Å². The summed E-state index contributed by atoms with van der Waals surface area (Å²) in [5.41, 5.74) is 2.19. The van der Waals surface area contributed by atoms with E-state index in [-0.39, 0.29) is 18.2 Å². The summed E-state index contributed by atoms with van der Waals surface area (Å²) >= 11 is 0. The number of nitrogens with one attached hydrogen (secondary N) is 1. The van der Waals surface area contributed by atoms with Crippen molar-refractivity contribution in [2.24, 2.45) is 5.41 Å². The fraction of sp³-hybridized carbons (Fsp3) is 0.318. The van der Waals surface area contributed by atoms with Crippen LogP contribution in [-0.2, 0) is 27.2 Å². The standard InChI is InChI=1S/C22H22N2O4/c25-19(14-22(21(27)28)12-15-5-1-2-6-16(15)13-22)23-17-7-3-8-18(11-17)24-10-4-9-20(24)26/h1-3,5-8,11H,4,9-10,12-14H2,(H,23,25)(H,27,28). The van der Waals surface area contributed by atoms with E-state index in [9.17, 15) is 19.5 Å². The van der Waals surface area contributed by atoms with E-state index in [1.807, 2.05) is 30.3 Å². The number of rotatable bonds is 5. The highest BCUT2D eigenvalue weighted by Crippen LogP contribution is 2.40. The summed E-state index contributed by atoms with van der Waals surface area (Å²) < 4.78 is 0. The zero-order valence-corrected chi connectivity index (χ0v) is 15.5. The Kier molecular flexibility index (Phi) is 4.63. The van der Waals surface area contributed by atoms with Gasteiger partial charge in [-0.25, -0.2) is 0 Å². The summed E-state index contributed by atoms with van der Waals surface area (Å²) in [6.45, 7) is 0.677. The van der Waals surface area contributed by atoms with E-state index in [1.165, 1.54) is 0 Å². The fourth-order valence-corrected chi connectivity index (χ4v) is 4.23. The van der Waals surface area contributed by atoms with Gasteiger partial charge in [-0.3, -0.25) is 14.4 Å². The molecule has 2 aliphatic rings. The van der Waals surface area contributed by atoms with Gasteiger partial charge in [-0.1, -0.05) is 30.3 Å². The second kappa shape index (κ2) is 7.11. The molecule has 0 bridgehead atoms. The first-order valence-corrected chi connectivity index (χ1v) is 9.47. The average Bonchev–Trinajstić information content (AvgIpc) is 3.25. The van der Waals surface area contributed by atoms with Crippen molar-refractivity contribution in [1.29, 1.82) is 0 Å². The molecule has 1 fully saturated rings.